The first-order chi connectivity index (χ1) is 23.1. The van der Waals surface area contributed by atoms with E-state index >= 15 is 0 Å². The van der Waals surface area contributed by atoms with E-state index in [2.05, 4.69) is 227 Å². The predicted molar refractivity (Wildman–Crippen MR) is 239 cm³/mol. The van der Waals surface area contributed by atoms with E-state index in [9.17, 15) is 0 Å². The van der Waals surface area contributed by atoms with E-state index in [4.69, 9.17) is 0 Å². The molecule has 0 nitrogen and oxygen atoms in total. The van der Waals surface area contributed by atoms with Gasteiger partial charge in [-0.25, -0.2) is 0 Å². The molecule has 3 aliphatic heterocycles. The lowest BCUT2D eigenvalue weighted by molar-refractivity contribution is 1.76. The van der Waals surface area contributed by atoms with Crippen molar-refractivity contribution in [1.29, 1.82) is 0 Å². The van der Waals surface area contributed by atoms with Gasteiger partial charge in [-0.1, -0.05) is 60.7 Å². The van der Waals surface area contributed by atoms with Gasteiger partial charge in [0.25, 0.3) is 0 Å². The molecule has 0 fully saturated rings. The molecule has 3 aliphatic rings. The van der Waals surface area contributed by atoms with Crippen molar-refractivity contribution in [2.45, 2.75) is 78.6 Å². The molecule has 2 aromatic rings. The molecule has 5 rings (SSSR count). The van der Waals surface area contributed by atoms with Crippen LogP contribution in [0.4, 0.5) is 0 Å². The highest BCUT2D eigenvalue weighted by Crippen LogP contribution is 2.12. The maximum Gasteiger partial charge on any atom is 0.319 e. The van der Waals surface area contributed by atoms with Crippen LogP contribution in [0, 0.1) is 99.8 Å². The standard InChI is InChI=1S/C42H46Si8/c1-43(2)23-24-44(3,4)30-38-50(42-21-17-14-18-22-42)39-33-47(9,10)27-25-45(5,6)31-36-49(35-29-43,41-19-15-13-16-20-41)37-32-46(7,8)26-28-48(11,12)34-40-50/h13-22H,1-12H3. The first-order valence-corrected chi connectivity index (χ1v) is 39.1. The molecule has 0 saturated heterocycles. The average Bonchev–Trinajstić information content (AvgIpc) is 3.06. The van der Waals surface area contributed by atoms with Crippen molar-refractivity contribution in [3.8, 4) is 99.8 Å². The number of fused-ring (bicyclic) bond motifs is 12. The topological polar surface area (TPSA) is 0 Å². The fourth-order valence-electron chi connectivity index (χ4n) is 4.62. The second-order valence-electron chi connectivity index (χ2n) is 16.2. The Morgan fingerprint density at radius 1 is 0.240 bits per heavy atom. The minimum Gasteiger partial charge on any atom is -0.122 e. The summed E-state index contributed by atoms with van der Waals surface area (Å²) < 4.78 is 0. The molecule has 0 aliphatic carbocycles. The molecule has 0 radical (unpaired) electrons. The van der Waals surface area contributed by atoms with E-state index in [1.807, 2.05) is 12.1 Å². The average molecular weight is 776 g/mol. The van der Waals surface area contributed by atoms with E-state index in [-0.39, 0.29) is 0 Å². The van der Waals surface area contributed by atoms with Gasteiger partial charge in [0.1, 0.15) is 0 Å². The summed E-state index contributed by atoms with van der Waals surface area (Å²) >= 11 is 0. The van der Waals surface area contributed by atoms with Crippen LogP contribution in [0.25, 0.3) is 0 Å². The first-order valence-electron chi connectivity index (χ1n) is 17.1. The molecule has 50 heavy (non-hydrogen) atoms. The Balaban J connectivity index is 2.28. The lowest BCUT2D eigenvalue weighted by Gasteiger charge is -2.19. The van der Waals surface area contributed by atoms with Crippen LogP contribution in [0.15, 0.2) is 60.7 Å². The zero-order valence-electron chi connectivity index (χ0n) is 31.8. The van der Waals surface area contributed by atoms with Gasteiger partial charge in [-0.05, 0) is 88.9 Å². The smallest absolute Gasteiger partial charge is 0.122 e. The van der Waals surface area contributed by atoms with E-state index in [1.54, 1.807) is 0 Å². The Hall–Kier alpha value is -3.78. The molecular formula is C42H46Si8. The van der Waals surface area contributed by atoms with Gasteiger partial charge in [0, 0.05) is 0 Å². The molecule has 0 spiro atoms. The highest BCUT2D eigenvalue weighted by molar-refractivity contribution is 7.14. The molecule has 0 amide bonds. The monoisotopic (exact) mass is 774 g/mol. The van der Waals surface area contributed by atoms with Gasteiger partial charge in [-0.3, -0.25) is 0 Å². The summed E-state index contributed by atoms with van der Waals surface area (Å²) in [6, 6.07) is 21.1. The molecule has 8 heteroatoms. The lowest BCUT2D eigenvalue weighted by atomic mass is 10.4. The highest BCUT2D eigenvalue weighted by Gasteiger charge is 2.36. The molecule has 0 N–H and O–H groups in total. The third-order valence-corrected chi connectivity index (χ3v) is 24.5. The van der Waals surface area contributed by atoms with Crippen LogP contribution >= 0.6 is 0 Å². The van der Waals surface area contributed by atoms with Gasteiger partial charge in [-0.2, -0.15) is 0 Å². The normalized spacial score (nSPS) is 25.1. The fourth-order valence-corrected chi connectivity index (χ4v) is 27.1. The summed E-state index contributed by atoms with van der Waals surface area (Å²) in [5.41, 5.74) is 67.8. The van der Waals surface area contributed by atoms with Gasteiger partial charge in [0.15, 0.2) is 0 Å². The number of hydrogen-bond acceptors (Lipinski definition) is 0. The summed E-state index contributed by atoms with van der Waals surface area (Å²) in [6.07, 6.45) is 0. The zero-order valence-corrected chi connectivity index (χ0v) is 39.8. The predicted octanol–water partition coefficient (Wildman–Crippen LogP) is 5.71. The molecule has 3 heterocycles. The van der Waals surface area contributed by atoms with Gasteiger partial charge in [-0.15, -0.1) is 99.8 Å². The Morgan fingerprint density at radius 3 is 0.580 bits per heavy atom. The third kappa shape index (κ3) is 10.9. The zero-order chi connectivity index (χ0) is 37.0. The van der Waals surface area contributed by atoms with Crippen LogP contribution in [-0.4, -0.2) is 64.6 Å². The Morgan fingerprint density at radius 2 is 0.400 bits per heavy atom. The molecule has 2 aromatic carbocycles. The maximum absolute atomic E-state index is 3.82. The van der Waals surface area contributed by atoms with E-state index < -0.39 is 64.6 Å². The van der Waals surface area contributed by atoms with Crippen molar-refractivity contribution >= 4 is 75.0 Å². The quantitative estimate of drug-likeness (QED) is 0.271. The van der Waals surface area contributed by atoms with E-state index in [0.29, 0.717) is 0 Å². The van der Waals surface area contributed by atoms with Crippen LogP contribution in [0.2, 0.25) is 78.6 Å². The number of benzene rings is 2. The lowest BCUT2D eigenvalue weighted by Crippen LogP contribution is -2.47. The van der Waals surface area contributed by atoms with Crippen LogP contribution in [0.3, 0.4) is 0 Å². The molecule has 2 bridgehead atoms. The van der Waals surface area contributed by atoms with E-state index in [0.717, 1.165) is 10.4 Å². The third-order valence-electron chi connectivity index (χ3n) is 7.85. The van der Waals surface area contributed by atoms with Gasteiger partial charge in [0.2, 0.25) is 48.4 Å². The SMILES string of the molecule is C[Si]1(C)C#C[Si](C)(C)C#C[Si]2(c3ccccc3)C#C[Si](C)(C)C#C[Si](C)(C)C#C[Si](c3ccccc3)(C#C1)C#C[Si](C)(C)C#C[Si](C)(C)C#C2. The highest BCUT2D eigenvalue weighted by atomic mass is 28.3. The Bertz CT molecular complexity index is 1920. The van der Waals surface area contributed by atoms with Crippen molar-refractivity contribution in [3.63, 3.8) is 0 Å². The van der Waals surface area contributed by atoms with E-state index in [1.165, 1.54) is 0 Å². The van der Waals surface area contributed by atoms with Crippen LogP contribution in [-0.2, 0) is 0 Å². The summed E-state index contributed by atoms with van der Waals surface area (Å²) in [6.45, 7) is 26.8. The van der Waals surface area contributed by atoms with Gasteiger partial charge < -0.3 is 0 Å². The van der Waals surface area contributed by atoms with Crippen molar-refractivity contribution in [3.05, 3.63) is 60.7 Å². The molecular weight excluding hydrogens is 729 g/mol. The second-order valence-corrected chi connectivity index (χ2v) is 44.4. The molecule has 0 atom stereocenters. The van der Waals surface area contributed by atoms with Crippen LogP contribution < -0.4 is 10.4 Å². The van der Waals surface area contributed by atoms with Crippen molar-refractivity contribution in [2.24, 2.45) is 0 Å². The largest absolute Gasteiger partial charge is 0.319 e. The number of hydrogen-bond donors (Lipinski definition) is 0. The van der Waals surface area contributed by atoms with Crippen LogP contribution in [0.1, 0.15) is 0 Å². The van der Waals surface area contributed by atoms with Crippen molar-refractivity contribution in [1.82, 2.24) is 0 Å². The number of rotatable bonds is 2. The van der Waals surface area contributed by atoms with Crippen LogP contribution in [0.5, 0.6) is 0 Å². The maximum atomic E-state index is 3.82. The summed E-state index contributed by atoms with van der Waals surface area (Å²) in [4.78, 5) is 0. The molecule has 0 aromatic heterocycles. The van der Waals surface area contributed by atoms with Gasteiger partial charge in [0.05, 0.1) is 0 Å². The Kier molecular flexibility index (Phi) is 11.3. The second kappa shape index (κ2) is 14.4. The summed E-state index contributed by atoms with van der Waals surface area (Å²) in [5, 5.41) is 2.24. The molecule has 246 valence electrons. The van der Waals surface area contributed by atoms with Crippen molar-refractivity contribution in [2.75, 3.05) is 0 Å². The summed E-state index contributed by atoms with van der Waals surface area (Å²) in [5.74, 6) is 0. The Labute approximate surface area is 311 Å². The summed E-state index contributed by atoms with van der Waals surface area (Å²) in [7, 11) is -20.0. The first kappa shape index (κ1) is 39.0. The minimum atomic E-state index is -3.01. The van der Waals surface area contributed by atoms with Gasteiger partial charge >= 0.3 is 16.1 Å². The van der Waals surface area contributed by atoms with Crippen molar-refractivity contribution < 1.29 is 0 Å². The minimum absolute atomic E-state index is 1.12. The molecule has 0 unspecified atom stereocenters. The fraction of sp³-hybridized carbons (Fsp3) is 0.286. The molecule has 0 saturated carbocycles.